The zero-order chi connectivity index (χ0) is 9.68. The topological polar surface area (TPSA) is 45.1 Å². The number of hydrogen-bond donors (Lipinski definition) is 2. The molecule has 3 nitrogen and oxygen atoms in total. The average molecular weight is 178 g/mol. The molecule has 0 fully saturated rings. The van der Waals surface area contributed by atoms with E-state index in [4.69, 9.17) is 10.2 Å². The summed E-state index contributed by atoms with van der Waals surface area (Å²) in [6, 6.07) is 7.79. The minimum Gasteiger partial charge on any atom is -0.389 e. The van der Waals surface area contributed by atoms with Gasteiger partial charge in [-0.15, -0.1) is 0 Å². The summed E-state index contributed by atoms with van der Waals surface area (Å²) in [5, 5.41) is 7.52. The molecule has 0 aliphatic carbocycles. The van der Waals surface area contributed by atoms with E-state index in [0.717, 1.165) is 12.0 Å². The summed E-state index contributed by atoms with van der Waals surface area (Å²) in [6.45, 7) is 2.08. The molecule has 0 radical (unpaired) electrons. The van der Waals surface area contributed by atoms with Crippen molar-refractivity contribution in [3.05, 3.63) is 35.4 Å². The summed E-state index contributed by atoms with van der Waals surface area (Å²) in [4.78, 5) is 4.86. The molecule has 0 spiro atoms. The van der Waals surface area contributed by atoms with Gasteiger partial charge in [-0.05, 0) is 24.1 Å². The normalized spacial score (nSPS) is 9.69. The van der Waals surface area contributed by atoms with Crippen molar-refractivity contribution in [1.29, 1.82) is 5.41 Å². The Hall–Kier alpha value is -1.35. The van der Waals surface area contributed by atoms with Crippen molar-refractivity contribution in [1.82, 2.24) is 5.48 Å². The van der Waals surface area contributed by atoms with Crippen LogP contribution in [0.4, 0.5) is 0 Å². The molecule has 3 heteroatoms. The molecule has 0 atom stereocenters. The molecule has 70 valence electrons. The van der Waals surface area contributed by atoms with E-state index in [0.29, 0.717) is 0 Å². The number of rotatable bonds is 3. The first-order chi connectivity index (χ1) is 6.27. The standard InChI is InChI=1S/C10H14N2O/c1-3-8-5-4-6-9(7-8)10(11)13-12-2/h4-7,11-12H,3H2,1-2H3. The van der Waals surface area contributed by atoms with Crippen molar-refractivity contribution in [3.8, 4) is 0 Å². The maximum atomic E-state index is 7.52. The highest BCUT2D eigenvalue weighted by atomic mass is 16.6. The van der Waals surface area contributed by atoms with Gasteiger partial charge < -0.3 is 4.84 Å². The van der Waals surface area contributed by atoms with Gasteiger partial charge in [0.05, 0.1) is 0 Å². The van der Waals surface area contributed by atoms with E-state index < -0.39 is 0 Å². The van der Waals surface area contributed by atoms with Gasteiger partial charge in [-0.3, -0.25) is 5.41 Å². The van der Waals surface area contributed by atoms with E-state index >= 15 is 0 Å². The number of nitrogens with one attached hydrogen (secondary N) is 2. The lowest BCUT2D eigenvalue weighted by molar-refractivity contribution is 0.208. The molecule has 13 heavy (non-hydrogen) atoms. The third-order valence-electron chi connectivity index (χ3n) is 1.80. The Morgan fingerprint density at radius 1 is 1.54 bits per heavy atom. The largest absolute Gasteiger partial charge is 0.389 e. The maximum Gasteiger partial charge on any atom is 0.237 e. The van der Waals surface area contributed by atoms with Crippen molar-refractivity contribution in [2.45, 2.75) is 13.3 Å². The second kappa shape index (κ2) is 4.62. The van der Waals surface area contributed by atoms with E-state index in [1.807, 2.05) is 24.3 Å². The van der Waals surface area contributed by atoms with Gasteiger partial charge >= 0.3 is 0 Å². The third kappa shape index (κ3) is 2.56. The van der Waals surface area contributed by atoms with E-state index in [2.05, 4.69) is 12.4 Å². The van der Waals surface area contributed by atoms with Crippen molar-refractivity contribution in [3.63, 3.8) is 0 Å². The van der Waals surface area contributed by atoms with Gasteiger partial charge in [0.25, 0.3) is 0 Å². The first-order valence-corrected chi connectivity index (χ1v) is 4.29. The molecule has 1 aromatic carbocycles. The predicted molar refractivity (Wildman–Crippen MR) is 52.8 cm³/mol. The van der Waals surface area contributed by atoms with Crippen molar-refractivity contribution < 1.29 is 4.84 Å². The predicted octanol–water partition coefficient (Wildman–Crippen LogP) is 1.73. The minimum atomic E-state index is 0.151. The zero-order valence-electron chi connectivity index (χ0n) is 7.92. The fourth-order valence-corrected chi connectivity index (χ4v) is 1.09. The highest BCUT2D eigenvalue weighted by Crippen LogP contribution is 2.06. The van der Waals surface area contributed by atoms with E-state index in [1.54, 1.807) is 7.05 Å². The molecule has 0 heterocycles. The smallest absolute Gasteiger partial charge is 0.237 e. The van der Waals surface area contributed by atoms with E-state index in [1.165, 1.54) is 5.56 Å². The summed E-state index contributed by atoms with van der Waals surface area (Å²) in [6.07, 6.45) is 0.973. The Bertz CT molecular complexity index is 297. The Morgan fingerprint density at radius 3 is 2.92 bits per heavy atom. The van der Waals surface area contributed by atoms with Gasteiger partial charge in [-0.2, -0.15) is 5.48 Å². The van der Waals surface area contributed by atoms with Crippen LogP contribution in [0.3, 0.4) is 0 Å². The molecule has 0 saturated heterocycles. The van der Waals surface area contributed by atoms with Crippen LogP contribution in [0, 0.1) is 5.41 Å². The summed E-state index contributed by atoms with van der Waals surface area (Å²) >= 11 is 0. The molecule has 0 aliphatic heterocycles. The number of hydrogen-bond acceptors (Lipinski definition) is 3. The Balaban J connectivity index is 2.82. The van der Waals surface area contributed by atoms with Crippen LogP contribution < -0.4 is 5.48 Å². The van der Waals surface area contributed by atoms with Crippen LogP contribution in [0.2, 0.25) is 0 Å². The van der Waals surface area contributed by atoms with Crippen LogP contribution in [0.1, 0.15) is 18.1 Å². The van der Waals surface area contributed by atoms with Crippen molar-refractivity contribution in [2.75, 3.05) is 7.05 Å². The van der Waals surface area contributed by atoms with Crippen LogP contribution >= 0.6 is 0 Å². The molecule has 0 unspecified atom stereocenters. The second-order valence-corrected chi connectivity index (χ2v) is 2.69. The Morgan fingerprint density at radius 2 is 2.31 bits per heavy atom. The summed E-state index contributed by atoms with van der Waals surface area (Å²) in [5.74, 6) is 0.151. The van der Waals surface area contributed by atoms with Crippen LogP contribution in [0.15, 0.2) is 24.3 Å². The third-order valence-corrected chi connectivity index (χ3v) is 1.80. The van der Waals surface area contributed by atoms with Crippen molar-refractivity contribution in [2.24, 2.45) is 0 Å². The van der Waals surface area contributed by atoms with Gasteiger partial charge in [-0.25, -0.2) is 0 Å². The summed E-state index contributed by atoms with van der Waals surface area (Å²) in [5.41, 5.74) is 4.49. The highest BCUT2D eigenvalue weighted by Gasteiger charge is 2.01. The molecular weight excluding hydrogens is 164 g/mol. The highest BCUT2D eigenvalue weighted by molar-refractivity contribution is 5.91. The quantitative estimate of drug-likeness (QED) is 0.420. The van der Waals surface area contributed by atoms with E-state index in [9.17, 15) is 0 Å². The molecule has 1 aromatic rings. The minimum absolute atomic E-state index is 0.151. The lowest BCUT2D eigenvalue weighted by Crippen LogP contribution is -2.15. The Labute approximate surface area is 78.2 Å². The first kappa shape index (κ1) is 9.74. The van der Waals surface area contributed by atoms with Crippen LogP contribution in [-0.4, -0.2) is 12.9 Å². The van der Waals surface area contributed by atoms with Gasteiger partial charge in [0.2, 0.25) is 5.90 Å². The molecular formula is C10H14N2O. The molecule has 2 N–H and O–H groups in total. The van der Waals surface area contributed by atoms with Gasteiger partial charge in [0, 0.05) is 12.6 Å². The van der Waals surface area contributed by atoms with Crippen molar-refractivity contribution >= 4 is 5.90 Å². The van der Waals surface area contributed by atoms with Crippen LogP contribution in [0.5, 0.6) is 0 Å². The number of hydroxylamine groups is 1. The molecule has 0 aliphatic rings. The first-order valence-electron chi connectivity index (χ1n) is 4.29. The lowest BCUT2D eigenvalue weighted by Gasteiger charge is -2.05. The maximum absolute atomic E-state index is 7.52. The van der Waals surface area contributed by atoms with Gasteiger partial charge in [-0.1, -0.05) is 19.1 Å². The van der Waals surface area contributed by atoms with E-state index in [-0.39, 0.29) is 5.90 Å². The fraction of sp³-hybridized carbons (Fsp3) is 0.300. The summed E-state index contributed by atoms with van der Waals surface area (Å²) in [7, 11) is 1.64. The molecule has 0 amide bonds. The fourth-order valence-electron chi connectivity index (χ4n) is 1.09. The van der Waals surface area contributed by atoms with Crippen LogP contribution in [-0.2, 0) is 11.3 Å². The monoisotopic (exact) mass is 178 g/mol. The number of aryl methyl sites for hydroxylation is 1. The second-order valence-electron chi connectivity index (χ2n) is 2.69. The average Bonchev–Trinajstić information content (AvgIpc) is 2.18. The molecule has 0 saturated carbocycles. The summed E-state index contributed by atoms with van der Waals surface area (Å²) < 4.78 is 0. The lowest BCUT2D eigenvalue weighted by atomic mass is 10.1. The molecule has 1 rings (SSSR count). The SMILES string of the molecule is CCc1cccc(C(=N)ONC)c1. The van der Waals surface area contributed by atoms with Gasteiger partial charge in [0.15, 0.2) is 0 Å². The molecule has 0 bridgehead atoms. The molecule has 0 aromatic heterocycles. The zero-order valence-corrected chi connectivity index (χ0v) is 7.92. The van der Waals surface area contributed by atoms with Gasteiger partial charge in [0.1, 0.15) is 0 Å². The van der Waals surface area contributed by atoms with Crippen LogP contribution in [0.25, 0.3) is 0 Å². The Kier molecular flexibility index (Phi) is 3.46. The number of benzene rings is 1.